The Bertz CT molecular complexity index is 831. The summed E-state index contributed by atoms with van der Waals surface area (Å²) < 4.78 is 6.57. The van der Waals surface area contributed by atoms with Crippen molar-refractivity contribution in [2.45, 2.75) is 32.7 Å². The van der Waals surface area contributed by atoms with E-state index in [1.54, 1.807) is 13.1 Å². The number of esters is 1. The van der Waals surface area contributed by atoms with Gasteiger partial charge in [0.1, 0.15) is 6.54 Å². The molecule has 1 fully saturated rings. The molecular formula is C20H24N2O4. The third kappa shape index (κ3) is 3.79. The number of methoxy groups -OCH3 is 1. The summed E-state index contributed by atoms with van der Waals surface area (Å²) >= 11 is 0. The predicted octanol–water partition coefficient (Wildman–Crippen LogP) is 2.65. The molecule has 1 amide bonds. The van der Waals surface area contributed by atoms with E-state index >= 15 is 0 Å². The summed E-state index contributed by atoms with van der Waals surface area (Å²) in [7, 11) is 1.40. The van der Waals surface area contributed by atoms with Crippen LogP contribution in [0.25, 0.3) is 10.9 Å². The number of carbonyl (C=O) groups excluding carboxylic acids is 3. The minimum Gasteiger partial charge on any atom is -0.469 e. The van der Waals surface area contributed by atoms with Gasteiger partial charge in [-0.05, 0) is 31.7 Å². The summed E-state index contributed by atoms with van der Waals surface area (Å²) in [6, 6.07) is 7.64. The van der Waals surface area contributed by atoms with Crippen molar-refractivity contribution in [3.05, 3.63) is 36.0 Å². The zero-order chi connectivity index (χ0) is 18.7. The molecule has 6 heteroatoms. The smallest absolute Gasteiger partial charge is 0.305 e. The van der Waals surface area contributed by atoms with E-state index in [0.29, 0.717) is 25.1 Å². The number of fused-ring (bicyclic) bond motifs is 1. The van der Waals surface area contributed by atoms with Gasteiger partial charge in [0.15, 0.2) is 5.78 Å². The minimum atomic E-state index is -0.189. The Morgan fingerprint density at radius 1 is 1.15 bits per heavy atom. The van der Waals surface area contributed by atoms with Crippen molar-refractivity contribution in [3.63, 3.8) is 0 Å². The normalized spacial score (nSPS) is 15.2. The number of ketones is 1. The Balaban J connectivity index is 1.67. The summed E-state index contributed by atoms with van der Waals surface area (Å²) in [4.78, 5) is 37.8. The topological polar surface area (TPSA) is 68.6 Å². The molecule has 3 rings (SSSR count). The van der Waals surface area contributed by atoms with Gasteiger partial charge in [-0.25, -0.2) is 0 Å². The molecule has 0 atom stereocenters. The van der Waals surface area contributed by atoms with Gasteiger partial charge >= 0.3 is 5.97 Å². The number of hydrogen-bond donors (Lipinski definition) is 0. The van der Waals surface area contributed by atoms with E-state index in [4.69, 9.17) is 4.74 Å². The summed E-state index contributed by atoms with van der Waals surface area (Å²) in [5.41, 5.74) is 1.54. The second kappa shape index (κ2) is 7.72. The first-order chi connectivity index (χ1) is 12.5. The van der Waals surface area contributed by atoms with Crippen LogP contribution in [0.5, 0.6) is 0 Å². The molecule has 138 valence electrons. The average Bonchev–Trinajstić information content (AvgIpc) is 3.01. The van der Waals surface area contributed by atoms with E-state index in [9.17, 15) is 14.4 Å². The van der Waals surface area contributed by atoms with Crippen LogP contribution in [0, 0.1) is 5.92 Å². The van der Waals surface area contributed by atoms with Gasteiger partial charge in [-0.2, -0.15) is 0 Å². The van der Waals surface area contributed by atoms with Crippen LogP contribution in [0.15, 0.2) is 30.5 Å². The molecule has 1 aliphatic heterocycles. The van der Waals surface area contributed by atoms with E-state index in [2.05, 4.69) is 0 Å². The number of nitrogens with zero attached hydrogens (tertiary/aromatic N) is 2. The number of rotatable bonds is 5. The largest absolute Gasteiger partial charge is 0.469 e. The van der Waals surface area contributed by atoms with E-state index in [-0.39, 0.29) is 30.1 Å². The van der Waals surface area contributed by atoms with Gasteiger partial charge in [0.25, 0.3) is 0 Å². The molecule has 2 aromatic rings. The number of para-hydroxylation sites is 1. The number of likely N-dealkylation sites (tertiary alicyclic amines) is 1. The fourth-order valence-electron chi connectivity index (χ4n) is 3.61. The Morgan fingerprint density at radius 2 is 1.85 bits per heavy atom. The Kier molecular flexibility index (Phi) is 5.40. The van der Waals surface area contributed by atoms with Gasteiger partial charge in [0.2, 0.25) is 5.91 Å². The van der Waals surface area contributed by atoms with Crippen molar-refractivity contribution in [2.24, 2.45) is 5.92 Å². The van der Waals surface area contributed by atoms with Gasteiger partial charge in [0.05, 0.1) is 7.11 Å². The molecule has 0 N–H and O–H groups in total. The monoisotopic (exact) mass is 356 g/mol. The number of aromatic nitrogens is 1. The summed E-state index contributed by atoms with van der Waals surface area (Å²) in [5.74, 6) is 0.127. The number of Topliss-reactive ketones (excluding diaryl/α,β-unsaturated/α-hetero) is 1. The highest BCUT2D eigenvalue weighted by Gasteiger charge is 2.25. The van der Waals surface area contributed by atoms with Crippen LogP contribution in [-0.2, 0) is 20.9 Å². The minimum absolute atomic E-state index is 0.00368. The second-order valence-electron chi connectivity index (χ2n) is 6.85. The second-order valence-corrected chi connectivity index (χ2v) is 6.85. The Hall–Kier alpha value is -2.63. The van der Waals surface area contributed by atoms with Crippen molar-refractivity contribution in [2.75, 3.05) is 20.2 Å². The van der Waals surface area contributed by atoms with Crippen molar-refractivity contribution in [3.8, 4) is 0 Å². The SMILES string of the molecule is COC(=O)CC1CCN(C(=O)Cn2cc(C(C)=O)c3ccccc32)CC1. The molecule has 6 nitrogen and oxygen atoms in total. The molecule has 0 aliphatic carbocycles. The number of piperidine rings is 1. The lowest BCUT2D eigenvalue weighted by Gasteiger charge is -2.31. The van der Waals surface area contributed by atoms with Crippen LogP contribution in [0.1, 0.15) is 36.5 Å². The van der Waals surface area contributed by atoms with Crippen molar-refractivity contribution < 1.29 is 19.1 Å². The molecule has 0 bridgehead atoms. The third-order valence-electron chi connectivity index (χ3n) is 5.12. The van der Waals surface area contributed by atoms with Gasteiger partial charge in [-0.3, -0.25) is 14.4 Å². The molecule has 0 unspecified atom stereocenters. The zero-order valence-corrected chi connectivity index (χ0v) is 15.2. The van der Waals surface area contributed by atoms with Crippen molar-refractivity contribution in [1.29, 1.82) is 0 Å². The van der Waals surface area contributed by atoms with Gasteiger partial charge in [0, 0.05) is 42.2 Å². The third-order valence-corrected chi connectivity index (χ3v) is 5.12. The first-order valence-corrected chi connectivity index (χ1v) is 8.93. The molecule has 0 radical (unpaired) electrons. The summed E-state index contributed by atoms with van der Waals surface area (Å²) in [6.45, 7) is 3.06. The molecule has 1 aromatic carbocycles. The maximum Gasteiger partial charge on any atom is 0.305 e. The highest BCUT2D eigenvalue weighted by atomic mass is 16.5. The van der Waals surface area contributed by atoms with Crippen molar-refractivity contribution >= 4 is 28.6 Å². The number of hydrogen-bond acceptors (Lipinski definition) is 4. The lowest BCUT2D eigenvalue weighted by molar-refractivity contribution is -0.142. The highest BCUT2D eigenvalue weighted by Crippen LogP contribution is 2.24. The standard InChI is InChI=1S/C20H24N2O4/c1-14(23)17-12-22(18-6-4-3-5-16(17)18)13-19(24)21-9-7-15(8-10-21)11-20(25)26-2/h3-6,12,15H,7-11,13H2,1-2H3. The molecule has 0 saturated carbocycles. The van der Waals surface area contributed by atoms with Crippen LogP contribution in [0.2, 0.25) is 0 Å². The first kappa shape index (κ1) is 18.2. The number of amides is 1. The molecule has 1 saturated heterocycles. The molecule has 0 spiro atoms. The molecule has 1 aromatic heterocycles. The summed E-state index contributed by atoms with van der Waals surface area (Å²) in [5, 5.41) is 0.879. The van der Waals surface area contributed by atoms with Gasteiger partial charge in [-0.15, -0.1) is 0 Å². The number of carbonyl (C=O) groups is 3. The lowest BCUT2D eigenvalue weighted by Crippen LogP contribution is -2.40. The fourth-order valence-corrected chi connectivity index (χ4v) is 3.61. The average molecular weight is 356 g/mol. The number of ether oxygens (including phenoxy) is 1. The molecule has 1 aliphatic rings. The van der Waals surface area contributed by atoms with Gasteiger partial charge < -0.3 is 14.2 Å². The molecule has 26 heavy (non-hydrogen) atoms. The quantitative estimate of drug-likeness (QED) is 0.610. The van der Waals surface area contributed by atoms with Crippen LogP contribution >= 0.6 is 0 Å². The zero-order valence-electron chi connectivity index (χ0n) is 15.2. The lowest BCUT2D eigenvalue weighted by atomic mass is 9.93. The van der Waals surface area contributed by atoms with E-state index in [1.165, 1.54) is 7.11 Å². The fraction of sp³-hybridized carbons (Fsp3) is 0.450. The Morgan fingerprint density at radius 3 is 2.50 bits per heavy atom. The summed E-state index contributed by atoms with van der Waals surface area (Å²) in [6.07, 6.45) is 3.82. The Labute approximate surface area is 152 Å². The van der Waals surface area contributed by atoms with E-state index in [1.807, 2.05) is 33.7 Å². The predicted molar refractivity (Wildman–Crippen MR) is 97.9 cm³/mol. The molecule has 2 heterocycles. The highest BCUT2D eigenvalue weighted by molar-refractivity contribution is 6.07. The maximum absolute atomic E-state index is 12.7. The number of benzene rings is 1. The van der Waals surface area contributed by atoms with Gasteiger partial charge in [-0.1, -0.05) is 18.2 Å². The van der Waals surface area contributed by atoms with Crippen LogP contribution in [-0.4, -0.2) is 47.3 Å². The first-order valence-electron chi connectivity index (χ1n) is 8.93. The van der Waals surface area contributed by atoms with Crippen LogP contribution < -0.4 is 0 Å². The van der Waals surface area contributed by atoms with E-state index in [0.717, 1.165) is 23.7 Å². The van der Waals surface area contributed by atoms with Crippen molar-refractivity contribution in [1.82, 2.24) is 9.47 Å². The maximum atomic E-state index is 12.7. The van der Waals surface area contributed by atoms with Crippen LogP contribution in [0.3, 0.4) is 0 Å². The molecular weight excluding hydrogens is 332 g/mol. The van der Waals surface area contributed by atoms with Crippen LogP contribution in [0.4, 0.5) is 0 Å². The van der Waals surface area contributed by atoms with E-state index < -0.39 is 0 Å².